The largest absolute Gasteiger partial charge is 0.494 e. The molecule has 0 aliphatic carbocycles. The van der Waals surface area contributed by atoms with Gasteiger partial charge in [-0.2, -0.15) is 0 Å². The van der Waals surface area contributed by atoms with Crippen LogP contribution in [0.5, 0.6) is 5.75 Å². The Morgan fingerprint density at radius 1 is 1.33 bits per heavy atom. The van der Waals surface area contributed by atoms with Crippen molar-refractivity contribution in [3.8, 4) is 5.75 Å². The second-order valence-electron chi connectivity index (χ2n) is 5.48. The molecule has 1 fully saturated rings. The molecule has 0 bridgehead atoms. The number of aliphatic imine (C=N–C) groups is 1. The zero-order chi connectivity index (χ0) is 16.3. The average Bonchev–Trinajstić information content (AvgIpc) is 2.59. The van der Waals surface area contributed by atoms with E-state index in [1.54, 1.807) is 0 Å². The van der Waals surface area contributed by atoms with Crippen molar-refractivity contribution in [2.75, 3.05) is 46.0 Å². The molecule has 1 aliphatic rings. The highest BCUT2D eigenvalue weighted by Gasteiger charge is 2.09. The van der Waals surface area contributed by atoms with E-state index in [1.165, 1.54) is 0 Å². The summed E-state index contributed by atoms with van der Waals surface area (Å²) < 4.78 is 10.9. The maximum Gasteiger partial charge on any atom is 0.188 e. The Morgan fingerprint density at radius 3 is 2.83 bits per heavy atom. The van der Waals surface area contributed by atoms with E-state index in [9.17, 15) is 0 Å². The first-order valence-electron chi connectivity index (χ1n) is 8.34. The number of hydrogen-bond acceptors (Lipinski definition) is 4. The third kappa shape index (κ3) is 7.67. The van der Waals surface area contributed by atoms with Gasteiger partial charge in [0.25, 0.3) is 0 Å². The summed E-state index contributed by atoms with van der Waals surface area (Å²) >= 11 is 0. The summed E-state index contributed by atoms with van der Waals surface area (Å²) in [5.74, 6) is 1.36. The molecule has 0 atom stereocenters. The summed E-state index contributed by atoms with van der Waals surface area (Å²) in [7, 11) is 0. The zero-order valence-electron chi connectivity index (χ0n) is 14.4. The third-order valence-corrected chi connectivity index (χ3v) is 3.75. The number of guanidine groups is 1. The topological polar surface area (TPSA) is 72.1 Å². The Bertz CT molecular complexity index is 493. The summed E-state index contributed by atoms with van der Waals surface area (Å²) in [4.78, 5) is 6.80. The van der Waals surface area contributed by atoms with E-state index >= 15 is 0 Å². The molecule has 0 saturated carbocycles. The summed E-state index contributed by atoms with van der Waals surface area (Å²) in [5.41, 5.74) is 6.98. The molecule has 1 aromatic rings. The Balaban J connectivity index is 0.00000288. The van der Waals surface area contributed by atoms with Crippen molar-refractivity contribution in [1.29, 1.82) is 0 Å². The highest BCUT2D eigenvalue weighted by Crippen LogP contribution is 2.18. The summed E-state index contributed by atoms with van der Waals surface area (Å²) in [6, 6.07) is 7.92. The smallest absolute Gasteiger partial charge is 0.188 e. The molecule has 2 rings (SSSR count). The number of nitrogens with one attached hydrogen (secondary N) is 1. The van der Waals surface area contributed by atoms with Crippen molar-refractivity contribution < 1.29 is 9.47 Å². The van der Waals surface area contributed by atoms with Crippen molar-refractivity contribution in [2.24, 2.45) is 10.7 Å². The second kappa shape index (κ2) is 12.3. The molecule has 1 saturated heterocycles. The Morgan fingerprint density at radius 2 is 2.08 bits per heavy atom. The van der Waals surface area contributed by atoms with Gasteiger partial charge in [-0.3, -0.25) is 4.90 Å². The van der Waals surface area contributed by atoms with Crippen LogP contribution in [0.3, 0.4) is 0 Å². The Hall–Kier alpha value is -1.06. The fourth-order valence-corrected chi connectivity index (χ4v) is 2.50. The molecule has 6 nitrogen and oxygen atoms in total. The maximum atomic E-state index is 5.93. The lowest BCUT2D eigenvalue weighted by Crippen LogP contribution is -2.39. The van der Waals surface area contributed by atoms with Gasteiger partial charge in [-0.15, -0.1) is 24.0 Å². The van der Waals surface area contributed by atoms with Crippen molar-refractivity contribution in [3.05, 3.63) is 29.8 Å². The van der Waals surface area contributed by atoms with Gasteiger partial charge in [0.05, 0.1) is 26.4 Å². The van der Waals surface area contributed by atoms with Gasteiger partial charge in [0.2, 0.25) is 0 Å². The quantitative estimate of drug-likeness (QED) is 0.275. The highest BCUT2D eigenvalue weighted by molar-refractivity contribution is 14.0. The highest BCUT2D eigenvalue weighted by atomic mass is 127. The molecule has 136 valence electrons. The van der Waals surface area contributed by atoms with E-state index in [0.717, 1.165) is 57.1 Å². The SMILES string of the molecule is CCOc1ccccc1CN=C(N)NCCCN1CCOCC1.I. The molecular formula is C17H29IN4O2. The van der Waals surface area contributed by atoms with Gasteiger partial charge in [0, 0.05) is 25.2 Å². The summed E-state index contributed by atoms with van der Waals surface area (Å²) in [6.45, 7) is 8.79. The molecule has 7 heteroatoms. The Labute approximate surface area is 161 Å². The number of nitrogens with two attached hydrogens (primary N) is 1. The number of hydrogen-bond donors (Lipinski definition) is 2. The fraction of sp³-hybridized carbons (Fsp3) is 0.588. The summed E-state index contributed by atoms with van der Waals surface area (Å²) in [5, 5.41) is 3.17. The van der Waals surface area contributed by atoms with Crippen LogP contribution < -0.4 is 15.8 Å². The minimum absolute atomic E-state index is 0. The molecule has 0 amide bonds. The van der Waals surface area contributed by atoms with Gasteiger partial charge in [-0.1, -0.05) is 18.2 Å². The normalized spacial score (nSPS) is 15.6. The lowest BCUT2D eigenvalue weighted by atomic mass is 10.2. The number of rotatable bonds is 8. The van der Waals surface area contributed by atoms with E-state index in [1.807, 2.05) is 31.2 Å². The van der Waals surface area contributed by atoms with Gasteiger partial charge in [-0.25, -0.2) is 4.99 Å². The number of nitrogens with zero attached hydrogens (tertiary/aromatic N) is 2. The lowest BCUT2D eigenvalue weighted by molar-refractivity contribution is 0.0376. The predicted octanol–water partition coefficient (Wildman–Crippen LogP) is 1.83. The van der Waals surface area contributed by atoms with Gasteiger partial charge >= 0.3 is 0 Å². The molecule has 3 N–H and O–H groups in total. The molecule has 0 unspecified atom stereocenters. The van der Waals surface area contributed by atoms with Crippen LogP contribution >= 0.6 is 24.0 Å². The van der Waals surface area contributed by atoms with Gasteiger partial charge in [-0.05, 0) is 26.0 Å². The van der Waals surface area contributed by atoms with Crippen molar-refractivity contribution >= 4 is 29.9 Å². The average molecular weight is 448 g/mol. The number of ether oxygens (including phenoxy) is 2. The number of para-hydroxylation sites is 1. The molecule has 1 aromatic carbocycles. The molecule has 0 radical (unpaired) electrons. The van der Waals surface area contributed by atoms with Crippen molar-refractivity contribution in [2.45, 2.75) is 19.9 Å². The van der Waals surface area contributed by atoms with Crippen LogP contribution in [0.2, 0.25) is 0 Å². The fourth-order valence-electron chi connectivity index (χ4n) is 2.50. The van der Waals surface area contributed by atoms with Crippen molar-refractivity contribution in [1.82, 2.24) is 10.2 Å². The van der Waals surface area contributed by atoms with Gasteiger partial charge in [0.1, 0.15) is 5.75 Å². The molecule has 0 aromatic heterocycles. The van der Waals surface area contributed by atoms with E-state index in [2.05, 4.69) is 15.2 Å². The third-order valence-electron chi connectivity index (χ3n) is 3.75. The predicted molar refractivity (Wildman–Crippen MR) is 108 cm³/mol. The minimum atomic E-state index is 0. The molecule has 1 heterocycles. The van der Waals surface area contributed by atoms with Crippen LogP contribution in [0, 0.1) is 0 Å². The van der Waals surface area contributed by atoms with E-state index in [0.29, 0.717) is 19.1 Å². The van der Waals surface area contributed by atoms with Gasteiger partial charge < -0.3 is 20.5 Å². The van der Waals surface area contributed by atoms with Crippen LogP contribution in [-0.2, 0) is 11.3 Å². The lowest BCUT2D eigenvalue weighted by Gasteiger charge is -2.26. The zero-order valence-corrected chi connectivity index (χ0v) is 16.7. The van der Waals surface area contributed by atoms with E-state index in [4.69, 9.17) is 15.2 Å². The van der Waals surface area contributed by atoms with Gasteiger partial charge in [0.15, 0.2) is 5.96 Å². The standard InChI is InChI=1S/C17H28N4O2.HI/c1-2-23-16-7-4-3-6-15(16)14-20-17(18)19-8-5-9-21-10-12-22-13-11-21;/h3-4,6-7H,2,5,8-14H2,1H3,(H3,18,19,20);1H. The van der Waals surface area contributed by atoms with Crippen LogP contribution in [0.1, 0.15) is 18.9 Å². The first-order valence-corrected chi connectivity index (χ1v) is 8.34. The first-order chi connectivity index (χ1) is 11.3. The summed E-state index contributed by atoms with van der Waals surface area (Å²) in [6.07, 6.45) is 1.05. The first kappa shape index (κ1) is 21.0. The molecule has 24 heavy (non-hydrogen) atoms. The number of morpholine rings is 1. The Kier molecular flexibility index (Phi) is 10.8. The van der Waals surface area contributed by atoms with Crippen molar-refractivity contribution in [3.63, 3.8) is 0 Å². The number of benzene rings is 1. The molecule has 0 spiro atoms. The van der Waals surface area contributed by atoms with Crippen LogP contribution in [0.4, 0.5) is 0 Å². The van der Waals surface area contributed by atoms with Crippen LogP contribution in [-0.4, -0.2) is 56.9 Å². The molecular weight excluding hydrogens is 419 g/mol. The van der Waals surface area contributed by atoms with Crippen LogP contribution in [0.25, 0.3) is 0 Å². The minimum Gasteiger partial charge on any atom is -0.494 e. The van der Waals surface area contributed by atoms with Crippen LogP contribution in [0.15, 0.2) is 29.3 Å². The van der Waals surface area contributed by atoms with E-state index in [-0.39, 0.29) is 24.0 Å². The second-order valence-corrected chi connectivity index (χ2v) is 5.48. The number of halogens is 1. The molecule has 1 aliphatic heterocycles. The van der Waals surface area contributed by atoms with E-state index < -0.39 is 0 Å². The maximum absolute atomic E-state index is 5.93. The monoisotopic (exact) mass is 448 g/mol.